The molecule has 0 aromatic heterocycles. The van der Waals surface area contributed by atoms with Gasteiger partial charge in [0.05, 0.1) is 12.7 Å². The van der Waals surface area contributed by atoms with E-state index in [-0.39, 0.29) is 11.6 Å². The second kappa shape index (κ2) is 8.01. The third-order valence-corrected chi connectivity index (χ3v) is 4.26. The van der Waals surface area contributed by atoms with E-state index in [1.165, 1.54) is 0 Å². The van der Waals surface area contributed by atoms with Gasteiger partial charge < -0.3 is 14.2 Å². The maximum absolute atomic E-state index is 12.1. The monoisotopic (exact) mass is 413 g/mol. The highest BCUT2D eigenvalue weighted by Gasteiger charge is 2.25. The van der Waals surface area contributed by atoms with E-state index in [0.29, 0.717) is 18.1 Å². The maximum Gasteiger partial charge on any atom is 0.363 e. The summed E-state index contributed by atoms with van der Waals surface area (Å²) in [6.07, 6.45) is 3.30. The zero-order valence-corrected chi connectivity index (χ0v) is 15.7. The molecule has 0 aliphatic carbocycles. The van der Waals surface area contributed by atoms with Crippen molar-refractivity contribution in [3.05, 3.63) is 76.4 Å². The Balaban J connectivity index is 1.91. The fraction of sp³-hybridized carbons (Fsp3) is 0.100. The second-order valence-electron chi connectivity index (χ2n) is 5.33. The molecule has 26 heavy (non-hydrogen) atoms. The number of esters is 1. The van der Waals surface area contributed by atoms with Crippen LogP contribution in [0.3, 0.4) is 0 Å². The first-order valence-corrected chi connectivity index (χ1v) is 8.61. The van der Waals surface area contributed by atoms with Crippen LogP contribution in [-0.4, -0.2) is 25.6 Å². The van der Waals surface area contributed by atoms with Crippen molar-refractivity contribution in [2.75, 3.05) is 13.7 Å². The SMILES string of the molecule is C=CCOc1ccc(/C=C2\N=C(c3ccccc3Br)OC2=O)cc1OC. The minimum Gasteiger partial charge on any atom is -0.493 e. The molecule has 5 nitrogen and oxygen atoms in total. The standard InChI is InChI=1S/C20H16BrNO4/c1-3-10-25-17-9-8-13(12-18(17)24-2)11-16-20(23)26-19(22-16)14-6-4-5-7-15(14)21/h3-9,11-12H,1,10H2,2H3/b16-11-. The number of rotatable bonds is 6. The Kier molecular flexibility index (Phi) is 5.53. The van der Waals surface area contributed by atoms with Gasteiger partial charge in [-0.3, -0.25) is 0 Å². The lowest BCUT2D eigenvalue weighted by molar-refractivity contribution is -0.129. The first kappa shape index (κ1) is 17.9. The fourth-order valence-electron chi connectivity index (χ4n) is 2.36. The molecule has 3 rings (SSSR count). The highest BCUT2D eigenvalue weighted by Crippen LogP contribution is 2.30. The second-order valence-corrected chi connectivity index (χ2v) is 6.18. The molecular formula is C20H16BrNO4. The number of cyclic esters (lactones) is 1. The molecule has 0 N–H and O–H groups in total. The molecule has 2 aromatic rings. The summed E-state index contributed by atoms with van der Waals surface area (Å²) in [5.41, 5.74) is 1.68. The first-order chi connectivity index (χ1) is 12.6. The summed E-state index contributed by atoms with van der Waals surface area (Å²) < 4.78 is 17.0. The highest BCUT2D eigenvalue weighted by molar-refractivity contribution is 9.10. The number of nitrogens with zero attached hydrogens (tertiary/aromatic N) is 1. The van der Waals surface area contributed by atoms with Gasteiger partial charge in [-0.2, -0.15) is 0 Å². The summed E-state index contributed by atoms with van der Waals surface area (Å²) in [6, 6.07) is 12.8. The van der Waals surface area contributed by atoms with Crippen LogP contribution in [0.4, 0.5) is 0 Å². The van der Waals surface area contributed by atoms with E-state index < -0.39 is 5.97 Å². The van der Waals surface area contributed by atoms with Gasteiger partial charge in [-0.15, -0.1) is 0 Å². The van der Waals surface area contributed by atoms with Gasteiger partial charge in [0, 0.05) is 4.47 Å². The smallest absolute Gasteiger partial charge is 0.363 e. The van der Waals surface area contributed by atoms with Gasteiger partial charge in [0.15, 0.2) is 17.2 Å². The number of benzene rings is 2. The van der Waals surface area contributed by atoms with Crippen molar-refractivity contribution in [2.45, 2.75) is 0 Å². The zero-order chi connectivity index (χ0) is 18.5. The Bertz CT molecular complexity index is 918. The van der Waals surface area contributed by atoms with E-state index in [0.717, 1.165) is 15.6 Å². The average Bonchev–Trinajstić information content (AvgIpc) is 3.01. The van der Waals surface area contributed by atoms with E-state index in [4.69, 9.17) is 14.2 Å². The van der Waals surface area contributed by atoms with Crippen molar-refractivity contribution in [3.63, 3.8) is 0 Å². The maximum atomic E-state index is 12.1. The quantitative estimate of drug-likeness (QED) is 0.400. The van der Waals surface area contributed by atoms with Gasteiger partial charge in [0.1, 0.15) is 6.61 Å². The minimum atomic E-state index is -0.498. The normalized spacial score (nSPS) is 14.8. The van der Waals surface area contributed by atoms with Gasteiger partial charge in [0.25, 0.3) is 0 Å². The molecule has 0 unspecified atom stereocenters. The Morgan fingerprint density at radius 1 is 1.23 bits per heavy atom. The molecule has 1 aliphatic heterocycles. The summed E-state index contributed by atoms with van der Waals surface area (Å²) >= 11 is 3.43. The summed E-state index contributed by atoms with van der Waals surface area (Å²) in [7, 11) is 1.56. The molecule has 0 spiro atoms. The predicted molar refractivity (Wildman–Crippen MR) is 103 cm³/mol. The molecule has 2 aromatic carbocycles. The molecule has 0 radical (unpaired) electrons. The first-order valence-electron chi connectivity index (χ1n) is 7.81. The molecule has 0 saturated heterocycles. The summed E-state index contributed by atoms with van der Waals surface area (Å²) in [5.74, 6) is 0.928. The number of carbonyl (C=O) groups is 1. The van der Waals surface area contributed by atoms with Gasteiger partial charge in [-0.1, -0.05) is 30.9 Å². The highest BCUT2D eigenvalue weighted by atomic mass is 79.9. The lowest BCUT2D eigenvalue weighted by Crippen LogP contribution is -2.05. The van der Waals surface area contributed by atoms with E-state index >= 15 is 0 Å². The molecule has 132 valence electrons. The summed E-state index contributed by atoms with van der Waals surface area (Å²) in [5, 5.41) is 0. The molecular weight excluding hydrogens is 398 g/mol. The largest absolute Gasteiger partial charge is 0.493 e. The van der Waals surface area contributed by atoms with Crippen LogP contribution in [0.25, 0.3) is 6.08 Å². The molecule has 0 atom stereocenters. The Hall–Kier alpha value is -2.86. The molecule has 0 bridgehead atoms. The van der Waals surface area contributed by atoms with Crippen LogP contribution in [0.2, 0.25) is 0 Å². The number of halogens is 1. The van der Waals surface area contributed by atoms with Crippen LogP contribution in [0.15, 0.2) is 70.3 Å². The predicted octanol–water partition coefficient (Wildman–Crippen LogP) is 4.37. The summed E-state index contributed by atoms with van der Waals surface area (Å²) in [4.78, 5) is 16.5. The number of carbonyl (C=O) groups excluding carboxylic acids is 1. The molecule has 0 fully saturated rings. The van der Waals surface area contributed by atoms with Gasteiger partial charge in [0.2, 0.25) is 5.90 Å². The number of methoxy groups -OCH3 is 1. The lowest BCUT2D eigenvalue weighted by Gasteiger charge is -2.09. The van der Waals surface area contributed by atoms with Crippen LogP contribution >= 0.6 is 15.9 Å². The zero-order valence-electron chi connectivity index (χ0n) is 14.1. The third kappa shape index (κ3) is 3.86. The number of hydrogen-bond acceptors (Lipinski definition) is 5. The van der Waals surface area contributed by atoms with E-state index in [9.17, 15) is 4.79 Å². The van der Waals surface area contributed by atoms with Crippen molar-refractivity contribution in [2.24, 2.45) is 4.99 Å². The molecule has 6 heteroatoms. The van der Waals surface area contributed by atoms with Crippen molar-refractivity contribution < 1.29 is 19.0 Å². The molecule has 0 saturated carbocycles. The number of ether oxygens (including phenoxy) is 3. The topological polar surface area (TPSA) is 57.1 Å². The van der Waals surface area contributed by atoms with Crippen molar-refractivity contribution >= 4 is 33.9 Å². The Morgan fingerprint density at radius 2 is 2.04 bits per heavy atom. The van der Waals surface area contributed by atoms with Crippen LogP contribution in [0, 0.1) is 0 Å². The summed E-state index contributed by atoms with van der Waals surface area (Å²) in [6.45, 7) is 4.00. The average molecular weight is 414 g/mol. The molecule has 0 amide bonds. The van der Waals surface area contributed by atoms with E-state index in [1.54, 1.807) is 31.4 Å². The Labute approximate surface area is 159 Å². The van der Waals surface area contributed by atoms with Gasteiger partial charge in [-0.05, 0) is 51.8 Å². The van der Waals surface area contributed by atoms with Gasteiger partial charge >= 0.3 is 5.97 Å². The lowest BCUT2D eigenvalue weighted by atomic mass is 10.1. The molecule has 1 aliphatic rings. The van der Waals surface area contributed by atoms with Crippen LogP contribution in [-0.2, 0) is 9.53 Å². The van der Waals surface area contributed by atoms with Gasteiger partial charge in [-0.25, -0.2) is 9.79 Å². The van der Waals surface area contributed by atoms with Crippen molar-refractivity contribution in [1.82, 2.24) is 0 Å². The van der Waals surface area contributed by atoms with Crippen LogP contribution < -0.4 is 9.47 Å². The number of hydrogen-bond donors (Lipinski definition) is 0. The van der Waals surface area contributed by atoms with Crippen LogP contribution in [0.5, 0.6) is 11.5 Å². The third-order valence-electron chi connectivity index (χ3n) is 3.57. The van der Waals surface area contributed by atoms with E-state index in [2.05, 4.69) is 27.5 Å². The van der Waals surface area contributed by atoms with Crippen LogP contribution in [0.1, 0.15) is 11.1 Å². The minimum absolute atomic E-state index is 0.220. The van der Waals surface area contributed by atoms with Crippen molar-refractivity contribution in [1.29, 1.82) is 0 Å². The number of aliphatic imine (C=N–C) groups is 1. The van der Waals surface area contributed by atoms with Crippen molar-refractivity contribution in [3.8, 4) is 11.5 Å². The molecule has 1 heterocycles. The van der Waals surface area contributed by atoms with E-state index in [1.807, 2.05) is 30.3 Å². The fourth-order valence-corrected chi connectivity index (χ4v) is 2.81. The Morgan fingerprint density at radius 3 is 2.77 bits per heavy atom.